The van der Waals surface area contributed by atoms with Crippen LogP contribution in [0.2, 0.25) is 0 Å². The Labute approximate surface area is 170 Å². The predicted octanol–water partition coefficient (Wildman–Crippen LogP) is 8.57. The van der Waals surface area contributed by atoms with Gasteiger partial charge in [0.1, 0.15) is 5.75 Å². The lowest BCUT2D eigenvalue weighted by molar-refractivity contribution is 0.354. The first kappa shape index (κ1) is 24.1. The summed E-state index contributed by atoms with van der Waals surface area (Å²) in [6.07, 6.45) is 15.1. The molecule has 1 aromatic rings. The summed E-state index contributed by atoms with van der Waals surface area (Å²) < 4.78 is 0. The van der Waals surface area contributed by atoms with Gasteiger partial charge in [-0.05, 0) is 42.1 Å². The molecule has 0 aliphatic carbocycles. The third-order valence-electron chi connectivity index (χ3n) is 6.22. The smallest absolute Gasteiger partial charge is 0.122 e. The van der Waals surface area contributed by atoms with Gasteiger partial charge in [0.05, 0.1) is 0 Å². The number of aryl methyl sites for hydroxylation is 1. The second-order valence-corrected chi connectivity index (χ2v) is 10.0. The van der Waals surface area contributed by atoms with Crippen LogP contribution < -0.4 is 0 Å². The van der Waals surface area contributed by atoms with E-state index < -0.39 is 0 Å². The van der Waals surface area contributed by atoms with Crippen molar-refractivity contribution in [3.05, 3.63) is 29.3 Å². The Morgan fingerprint density at radius 3 is 1.85 bits per heavy atom. The highest BCUT2D eigenvalue weighted by atomic mass is 16.3. The fourth-order valence-electron chi connectivity index (χ4n) is 4.11. The number of benzene rings is 1. The molecule has 0 radical (unpaired) electrons. The highest BCUT2D eigenvalue weighted by molar-refractivity contribution is 5.44. The number of phenols is 1. The van der Waals surface area contributed by atoms with Gasteiger partial charge in [-0.3, -0.25) is 0 Å². The van der Waals surface area contributed by atoms with E-state index in [1.165, 1.54) is 57.8 Å². The molecule has 1 nitrogen and oxygen atoms in total. The van der Waals surface area contributed by atoms with E-state index >= 15 is 0 Å². The van der Waals surface area contributed by atoms with Crippen molar-refractivity contribution in [3.63, 3.8) is 0 Å². The van der Waals surface area contributed by atoms with Crippen molar-refractivity contribution in [1.82, 2.24) is 0 Å². The second kappa shape index (κ2) is 11.8. The minimum Gasteiger partial charge on any atom is -0.507 e. The van der Waals surface area contributed by atoms with Crippen molar-refractivity contribution in [1.29, 1.82) is 0 Å². The molecule has 0 heterocycles. The van der Waals surface area contributed by atoms with Crippen molar-refractivity contribution >= 4 is 0 Å². The average Bonchev–Trinajstić information content (AvgIpc) is 2.61. The largest absolute Gasteiger partial charge is 0.507 e. The minimum atomic E-state index is 0.0978. The molecular formula is C26H46O. The highest BCUT2D eigenvalue weighted by Gasteiger charge is 2.27. The molecule has 0 aliphatic heterocycles. The monoisotopic (exact) mass is 374 g/mol. The highest BCUT2D eigenvalue weighted by Crippen LogP contribution is 2.40. The fraction of sp³-hybridized carbons (Fsp3) is 0.769. The molecule has 0 bridgehead atoms. The summed E-state index contributed by atoms with van der Waals surface area (Å²) >= 11 is 0. The van der Waals surface area contributed by atoms with Crippen LogP contribution in [0.1, 0.15) is 123 Å². The minimum absolute atomic E-state index is 0.0978. The van der Waals surface area contributed by atoms with Crippen molar-refractivity contribution in [2.75, 3.05) is 0 Å². The van der Waals surface area contributed by atoms with Crippen molar-refractivity contribution in [3.8, 4) is 5.75 Å². The molecule has 0 saturated carbocycles. The maximum absolute atomic E-state index is 10.8. The summed E-state index contributed by atoms with van der Waals surface area (Å²) in [5.74, 6) is 0.558. The van der Waals surface area contributed by atoms with Crippen LogP contribution in [-0.2, 0) is 11.8 Å². The van der Waals surface area contributed by atoms with E-state index in [0.29, 0.717) is 11.2 Å². The molecule has 1 heteroatoms. The summed E-state index contributed by atoms with van der Waals surface area (Å²) in [6.45, 7) is 13.8. The summed E-state index contributed by atoms with van der Waals surface area (Å²) in [7, 11) is 0. The quantitative estimate of drug-likeness (QED) is 0.343. The number of hydrogen-bond donors (Lipinski definition) is 1. The predicted molar refractivity (Wildman–Crippen MR) is 121 cm³/mol. The van der Waals surface area contributed by atoms with Crippen LogP contribution in [-0.4, -0.2) is 5.11 Å². The lowest BCUT2D eigenvalue weighted by Gasteiger charge is -2.30. The molecular weight excluding hydrogens is 328 g/mol. The molecule has 1 unspecified atom stereocenters. The summed E-state index contributed by atoms with van der Waals surface area (Å²) in [5.41, 5.74) is 2.87. The Bertz CT molecular complexity index is 526. The zero-order chi connectivity index (χ0) is 20.3. The van der Waals surface area contributed by atoms with Crippen LogP contribution in [0.3, 0.4) is 0 Å². The Hall–Kier alpha value is -0.980. The van der Waals surface area contributed by atoms with Gasteiger partial charge >= 0.3 is 0 Å². The number of aromatic hydroxyl groups is 1. The second-order valence-electron chi connectivity index (χ2n) is 10.0. The molecule has 0 saturated heterocycles. The van der Waals surface area contributed by atoms with Crippen molar-refractivity contribution in [2.45, 2.75) is 124 Å². The molecule has 0 fully saturated rings. The first-order chi connectivity index (χ1) is 12.7. The van der Waals surface area contributed by atoms with Gasteiger partial charge in [0.15, 0.2) is 0 Å². The van der Waals surface area contributed by atoms with E-state index in [4.69, 9.17) is 0 Å². The average molecular weight is 375 g/mol. The van der Waals surface area contributed by atoms with E-state index in [1.807, 2.05) is 0 Å². The fourth-order valence-corrected chi connectivity index (χ4v) is 4.11. The van der Waals surface area contributed by atoms with Crippen LogP contribution in [0.4, 0.5) is 0 Å². The van der Waals surface area contributed by atoms with Crippen molar-refractivity contribution < 1.29 is 5.11 Å². The van der Waals surface area contributed by atoms with Gasteiger partial charge < -0.3 is 5.11 Å². The molecule has 1 aromatic carbocycles. The van der Waals surface area contributed by atoms with Gasteiger partial charge in [-0.25, -0.2) is 0 Å². The normalized spacial score (nSPS) is 14.3. The zero-order valence-corrected chi connectivity index (χ0v) is 19.2. The van der Waals surface area contributed by atoms with Crippen LogP contribution in [0, 0.1) is 5.41 Å². The maximum Gasteiger partial charge on any atom is 0.122 e. The number of hydrogen-bond acceptors (Lipinski definition) is 1. The van der Waals surface area contributed by atoms with Gasteiger partial charge in [0.25, 0.3) is 0 Å². The Morgan fingerprint density at radius 2 is 1.33 bits per heavy atom. The Balaban J connectivity index is 2.38. The van der Waals surface area contributed by atoms with Crippen LogP contribution in [0.15, 0.2) is 18.2 Å². The Morgan fingerprint density at radius 1 is 0.778 bits per heavy atom. The SMILES string of the molecule is CCCc1cccc(C(C)(CC)CCCCCCCCCC(C)(C)C)c1O. The molecule has 27 heavy (non-hydrogen) atoms. The van der Waals surface area contributed by atoms with Crippen LogP contribution in [0.25, 0.3) is 0 Å². The molecule has 1 atom stereocenters. The summed E-state index contributed by atoms with van der Waals surface area (Å²) in [5, 5.41) is 10.8. The molecule has 156 valence electrons. The molecule has 0 spiro atoms. The number of phenolic OH excluding ortho intramolecular Hbond substituents is 1. The van der Waals surface area contributed by atoms with E-state index in [2.05, 4.69) is 59.7 Å². The van der Waals surface area contributed by atoms with Gasteiger partial charge in [0, 0.05) is 5.56 Å². The van der Waals surface area contributed by atoms with E-state index in [9.17, 15) is 5.11 Å². The van der Waals surface area contributed by atoms with Gasteiger partial charge in [-0.1, -0.05) is 111 Å². The van der Waals surface area contributed by atoms with Gasteiger partial charge in [0.2, 0.25) is 0 Å². The lowest BCUT2D eigenvalue weighted by atomic mass is 9.75. The zero-order valence-electron chi connectivity index (χ0n) is 19.2. The molecule has 1 rings (SSSR count). The Kier molecular flexibility index (Phi) is 10.5. The first-order valence-electron chi connectivity index (χ1n) is 11.5. The third-order valence-corrected chi connectivity index (χ3v) is 6.22. The topological polar surface area (TPSA) is 20.2 Å². The molecule has 0 amide bonds. The number of rotatable bonds is 13. The van der Waals surface area contributed by atoms with E-state index in [1.54, 1.807) is 0 Å². The van der Waals surface area contributed by atoms with Crippen molar-refractivity contribution in [2.24, 2.45) is 5.41 Å². The lowest BCUT2D eigenvalue weighted by Crippen LogP contribution is -2.21. The van der Waals surface area contributed by atoms with Gasteiger partial charge in [-0.15, -0.1) is 0 Å². The molecule has 1 N–H and O–H groups in total. The summed E-state index contributed by atoms with van der Waals surface area (Å²) in [4.78, 5) is 0. The maximum atomic E-state index is 10.8. The standard InChI is InChI=1S/C26H46O/c1-7-17-22-18-16-19-23(24(22)27)26(6,8-2)21-15-13-11-9-10-12-14-20-25(3,4)5/h16,18-19,27H,7-15,17,20-21H2,1-6H3. The van der Waals surface area contributed by atoms with Crippen LogP contribution in [0.5, 0.6) is 5.75 Å². The molecule has 0 aromatic heterocycles. The number of unbranched alkanes of at least 4 members (excludes halogenated alkanes) is 6. The van der Waals surface area contributed by atoms with Crippen LogP contribution >= 0.6 is 0 Å². The van der Waals surface area contributed by atoms with Gasteiger partial charge in [-0.2, -0.15) is 0 Å². The van der Waals surface area contributed by atoms with E-state index in [-0.39, 0.29) is 5.41 Å². The first-order valence-corrected chi connectivity index (χ1v) is 11.5. The molecule has 0 aliphatic rings. The number of para-hydroxylation sites is 1. The van der Waals surface area contributed by atoms with E-state index in [0.717, 1.165) is 30.4 Å². The summed E-state index contributed by atoms with van der Waals surface area (Å²) in [6, 6.07) is 6.36. The third kappa shape index (κ3) is 8.71.